The topological polar surface area (TPSA) is 38.3 Å². The molecule has 1 saturated carbocycles. The molecule has 1 atom stereocenters. The largest absolute Gasteiger partial charge is 0.446 e. The number of hydrogen-bond acceptors (Lipinski definition) is 2. The van der Waals surface area contributed by atoms with Crippen molar-refractivity contribution in [3.8, 4) is 0 Å². The van der Waals surface area contributed by atoms with E-state index in [1.807, 2.05) is 6.92 Å². The average molecular weight is 185 g/mol. The van der Waals surface area contributed by atoms with Crippen molar-refractivity contribution in [1.82, 2.24) is 5.32 Å². The second-order valence-corrected chi connectivity index (χ2v) is 4.84. The highest BCUT2D eigenvalue weighted by atomic mass is 16.6. The summed E-state index contributed by atoms with van der Waals surface area (Å²) < 4.78 is 5.08. The Morgan fingerprint density at radius 1 is 1.46 bits per heavy atom. The van der Waals surface area contributed by atoms with Gasteiger partial charge in [0.15, 0.2) is 0 Å². The average Bonchev–Trinajstić information content (AvgIpc) is 2.68. The van der Waals surface area contributed by atoms with E-state index < -0.39 is 0 Å². The van der Waals surface area contributed by atoms with E-state index in [9.17, 15) is 4.79 Å². The predicted octanol–water partition coefficient (Wildman–Crippen LogP) is 2.31. The lowest BCUT2D eigenvalue weighted by atomic mass is 9.88. The van der Waals surface area contributed by atoms with Gasteiger partial charge in [-0.1, -0.05) is 20.8 Å². The molecule has 13 heavy (non-hydrogen) atoms. The molecule has 0 bridgehead atoms. The number of carbonyl (C=O) groups is 1. The van der Waals surface area contributed by atoms with Crippen LogP contribution in [0.1, 0.15) is 40.5 Å². The number of rotatable bonds is 2. The number of nitrogens with one attached hydrogen (secondary N) is 1. The number of carbonyl (C=O) groups excluding carboxylic acids is 1. The fourth-order valence-corrected chi connectivity index (χ4v) is 0.765. The number of ether oxygens (including phenoxy) is 1. The summed E-state index contributed by atoms with van der Waals surface area (Å²) in [7, 11) is 0. The van der Waals surface area contributed by atoms with Crippen LogP contribution in [0.3, 0.4) is 0 Å². The van der Waals surface area contributed by atoms with Crippen LogP contribution in [0.5, 0.6) is 0 Å². The van der Waals surface area contributed by atoms with Gasteiger partial charge in [0.05, 0.1) is 0 Å². The molecule has 0 radical (unpaired) electrons. The predicted molar refractivity (Wildman–Crippen MR) is 51.6 cm³/mol. The van der Waals surface area contributed by atoms with Crippen LogP contribution in [0.15, 0.2) is 0 Å². The molecule has 0 aromatic carbocycles. The molecule has 0 aromatic rings. The van der Waals surface area contributed by atoms with Crippen LogP contribution < -0.4 is 5.32 Å². The van der Waals surface area contributed by atoms with Crippen LogP contribution in [-0.4, -0.2) is 18.2 Å². The summed E-state index contributed by atoms with van der Waals surface area (Å²) >= 11 is 0. The van der Waals surface area contributed by atoms with Crippen LogP contribution in [-0.2, 0) is 4.74 Å². The van der Waals surface area contributed by atoms with Gasteiger partial charge >= 0.3 is 6.09 Å². The second-order valence-electron chi connectivity index (χ2n) is 4.84. The fraction of sp³-hybridized carbons (Fsp3) is 0.900. The second kappa shape index (κ2) is 3.56. The normalized spacial score (nSPS) is 19.4. The number of amides is 1. The number of alkyl carbamates (subject to hydrolysis) is 1. The van der Waals surface area contributed by atoms with Gasteiger partial charge < -0.3 is 10.1 Å². The first-order valence-corrected chi connectivity index (χ1v) is 4.87. The molecule has 1 amide bonds. The van der Waals surface area contributed by atoms with E-state index in [1.165, 1.54) is 0 Å². The van der Waals surface area contributed by atoms with Crippen molar-refractivity contribution >= 4 is 6.09 Å². The molecule has 0 spiro atoms. The molecule has 76 valence electrons. The quantitative estimate of drug-likeness (QED) is 0.717. The lowest BCUT2D eigenvalue weighted by molar-refractivity contribution is 0.127. The summed E-state index contributed by atoms with van der Waals surface area (Å²) in [4.78, 5) is 11.2. The van der Waals surface area contributed by atoms with Crippen LogP contribution in [0.2, 0.25) is 0 Å². The van der Waals surface area contributed by atoms with E-state index in [1.54, 1.807) is 0 Å². The van der Waals surface area contributed by atoms with Crippen molar-refractivity contribution in [2.75, 3.05) is 0 Å². The molecule has 3 heteroatoms. The molecule has 3 nitrogen and oxygen atoms in total. The van der Waals surface area contributed by atoms with Gasteiger partial charge in [0, 0.05) is 6.04 Å². The molecular weight excluding hydrogens is 166 g/mol. The van der Waals surface area contributed by atoms with Crippen molar-refractivity contribution in [2.45, 2.75) is 52.7 Å². The first-order chi connectivity index (χ1) is 5.89. The first kappa shape index (κ1) is 10.4. The molecule has 1 unspecified atom stereocenters. The Bertz CT molecular complexity index is 192. The van der Waals surface area contributed by atoms with E-state index >= 15 is 0 Å². The van der Waals surface area contributed by atoms with Crippen molar-refractivity contribution in [2.24, 2.45) is 5.41 Å². The summed E-state index contributed by atoms with van der Waals surface area (Å²) in [6.07, 6.45) is 1.96. The van der Waals surface area contributed by atoms with Gasteiger partial charge in [-0.05, 0) is 25.2 Å². The molecule has 0 aromatic heterocycles. The Kier molecular flexibility index (Phi) is 2.84. The Labute approximate surface area is 79.8 Å². The third-order valence-corrected chi connectivity index (χ3v) is 2.43. The SMILES string of the molecule is CC(NC(=O)OC1CC1)C(C)(C)C. The molecule has 1 aliphatic carbocycles. The molecule has 0 heterocycles. The third-order valence-electron chi connectivity index (χ3n) is 2.43. The highest BCUT2D eigenvalue weighted by Crippen LogP contribution is 2.24. The van der Waals surface area contributed by atoms with Crippen molar-refractivity contribution in [3.63, 3.8) is 0 Å². The Hall–Kier alpha value is -0.730. The fourth-order valence-electron chi connectivity index (χ4n) is 0.765. The maximum absolute atomic E-state index is 11.2. The molecule has 1 aliphatic rings. The van der Waals surface area contributed by atoms with Crippen molar-refractivity contribution < 1.29 is 9.53 Å². The highest BCUT2D eigenvalue weighted by Gasteiger charge is 2.28. The summed E-state index contributed by atoms with van der Waals surface area (Å²) in [6, 6.07) is 0.138. The van der Waals surface area contributed by atoms with E-state index in [-0.39, 0.29) is 23.7 Å². The van der Waals surface area contributed by atoms with Gasteiger partial charge in [0.25, 0.3) is 0 Å². The van der Waals surface area contributed by atoms with E-state index in [0.29, 0.717) is 0 Å². The van der Waals surface area contributed by atoms with Gasteiger partial charge in [-0.3, -0.25) is 0 Å². The first-order valence-electron chi connectivity index (χ1n) is 4.87. The maximum Gasteiger partial charge on any atom is 0.407 e. The maximum atomic E-state index is 11.2. The summed E-state index contributed by atoms with van der Waals surface area (Å²) in [5, 5.41) is 2.83. The molecule has 1 fully saturated rings. The minimum absolute atomic E-state index is 0.0859. The van der Waals surface area contributed by atoms with Gasteiger partial charge in [-0.25, -0.2) is 4.79 Å². The molecular formula is C10H19NO2. The Morgan fingerprint density at radius 2 is 2.00 bits per heavy atom. The van der Waals surface area contributed by atoms with Crippen LogP contribution in [0.4, 0.5) is 4.79 Å². The lowest BCUT2D eigenvalue weighted by Gasteiger charge is -2.27. The van der Waals surface area contributed by atoms with E-state index in [0.717, 1.165) is 12.8 Å². The van der Waals surface area contributed by atoms with Gasteiger partial charge in [0.1, 0.15) is 6.10 Å². The Balaban J connectivity index is 2.25. The van der Waals surface area contributed by atoms with E-state index in [2.05, 4.69) is 26.1 Å². The zero-order chi connectivity index (χ0) is 10.1. The standard InChI is InChI=1S/C10H19NO2/c1-7(10(2,3)4)11-9(12)13-8-5-6-8/h7-8H,5-6H2,1-4H3,(H,11,12). The lowest BCUT2D eigenvalue weighted by Crippen LogP contribution is -2.41. The Morgan fingerprint density at radius 3 is 2.38 bits per heavy atom. The summed E-state index contributed by atoms with van der Waals surface area (Å²) in [5.74, 6) is 0. The van der Waals surface area contributed by atoms with Gasteiger partial charge in [-0.15, -0.1) is 0 Å². The smallest absolute Gasteiger partial charge is 0.407 e. The monoisotopic (exact) mass is 185 g/mol. The molecule has 1 rings (SSSR count). The summed E-state index contributed by atoms with van der Waals surface area (Å²) in [6.45, 7) is 8.27. The van der Waals surface area contributed by atoms with Crippen LogP contribution in [0, 0.1) is 5.41 Å². The van der Waals surface area contributed by atoms with Crippen LogP contribution >= 0.6 is 0 Å². The van der Waals surface area contributed by atoms with Crippen LogP contribution in [0.25, 0.3) is 0 Å². The molecule has 0 saturated heterocycles. The molecule has 1 N–H and O–H groups in total. The zero-order valence-electron chi connectivity index (χ0n) is 8.89. The minimum Gasteiger partial charge on any atom is -0.446 e. The third kappa shape index (κ3) is 3.66. The van der Waals surface area contributed by atoms with Crippen molar-refractivity contribution in [3.05, 3.63) is 0 Å². The van der Waals surface area contributed by atoms with Gasteiger partial charge in [0.2, 0.25) is 0 Å². The zero-order valence-corrected chi connectivity index (χ0v) is 8.89. The number of hydrogen-bond donors (Lipinski definition) is 1. The summed E-state index contributed by atoms with van der Waals surface area (Å²) in [5.41, 5.74) is 0.0859. The van der Waals surface area contributed by atoms with E-state index in [4.69, 9.17) is 4.74 Å². The molecule has 0 aliphatic heterocycles. The minimum atomic E-state index is -0.273. The highest BCUT2D eigenvalue weighted by molar-refractivity contribution is 5.68. The van der Waals surface area contributed by atoms with Crippen molar-refractivity contribution in [1.29, 1.82) is 0 Å². The van der Waals surface area contributed by atoms with Gasteiger partial charge in [-0.2, -0.15) is 0 Å².